The van der Waals surface area contributed by atoms with Gasteiger partial charge in [0.25, 0.3) is 10.1 Å². The molecule has 0 unspecified atom stereocenters. The molecule has 0 atom stereocenters. The average Bonchev–Trinajstić information content (AvgIpc) is 2.26. The Morgan fingerprint density at radius 2 is 2.12 bits per heavy atom. The minimum atomic E-state index is -4.28. The highest BCUT2D eigenvalue weighted by Gasteiger charge is 2.18. The van der Waals surface area contributed by atoms with Gasteiger partial charge in [-0.1, -0.05) is 0 Å². The van der Waals surface area contributed by atoms with Crippen LogP contribution in [0.4, 0.5) is 4.39 Å². The van der Waals surface area contributed by atoms with Crippen LogP contribution < -0.4 is 4.74 Å². The number of rotatable bonds is 5. The zero-order valence-electron chi connectivity index (χ0n) is 8.71. The molecule has 0 aliphatic carbocycles. The number of carboxylic acids is 1. The Kier molecular flexibility index (Phi) is 4.02. The normalized spacial score (nSPS) is 11.2. The summed E-state index contributed by atoms with van der Waals surface area (Å²) in [5.74, 6) is -2.45. The quantitative estimate of drug-likeness (QED) is 0.784. The van der Waals surface area contributed by atoms with Crippen molar-refractivity contribution in [1.82, 2.24) is 0 Å². The molecule has 94 valence electrons. The van der Waals surface area contributed by atoms with Gasteiger partial charge < -0.3 is 9.84 Å². The number of ether oxygens (including phenoxy) is 1. The van der Waals surface area contributed by atoms with Gasteiger partial charge in [0.15, 0.2) is 18.2 Å². The van der Waals surface area contributed by atoms with E-state index in [1.165, 1.54) is 7.11 Å². The van der Waals surface area contributed by atoms with Crippen LogP contribution in [0.3, 0.4) is 0 Å². The summed E-state index contributed by atoms with van der Waals surface area (Å²) in [5, 5.41) is 8.28. The molecule has 0 aliphatic rings. The smallest absolute Gasteiger partial charge is 0.331 e. The Balaban J connectivity index is 2.99. The lowest BCUT2D eigenvalue weighted by molar-refractivity contribution is -0.139. The highest BCUT2D eigenvalue weighted by molar-refractivity contribution is 7.86. The molecule has 0 saturated heterocycles. The average molecular weight is 264 g/mol. The summed E-state index contributed by atoms with van der Waals surface area (Å²) in [4.78, 5) is 9.69. The predicted octanol–water partition coefficient (Wildman–Crippen LogP) is 0.624. The number of carbonyl (C=O) groups is 1. The summed E-state index contributed by atoms with van der Waals surface area (Å²) in [6, 6.07) is 2.85. The Bertz CT molecular complexity index is 524. The Labute approximate surface area is 96.7 Å². The van der Waals surface area contributed by atoms with Gasteiger partial charge in [0.1, 0.15) is 0 Å². The number of aliphatic carboxylic acids is 1. The van der Waals surface area contributed by atoms with Crippen molar-refractivity contribution in [2.75, 3.05) is 13.7 Å². The van der Waals surface area contributed by atoms with E-state index in [2.05, 4.69) is 8.92 Å². The second-order valence-electron chi connectivity index (χ2n) is 2.91. The maximum atomic E-state index is 13.2. The third kappa shape index (κ3) is 3.40. The van der Waals surface area contributed by atoms with Crippen molar-refractivity contribution < 1.29 is 31.6 Å². The third-order valence-corrected chi connectivity index (χ3v) is 3.01. The van der Waals surface area contributed by atoms with Crippen molar-refractivity contribution in [3.05, 3.63) is 24.0 Å². The summed E-state index contributed by atoms with van der Waals surface area (Å²) in [6.45, 7) is -1.02. The molecule has 0 saturated carbocycles. The molecule has 0 aromatic heterocycles. The third-order valence-electron chi connectivity index (χ3n) is 1.75. The van der Waals surface area contributed by atoms with Gasteiger partial charge in [0, 0.05) is 0 Å². The molecule has 1 rings (SSSR count). The lowest BCUT2D eigenvalue weighted by Gasteiger charge is -2.05. The molecule has 1 N–H and O–H groups in total. The predicted molar refractivity (Wildman–Crippen MR) is 53.7 cm³/mol. The number of hydrogen-bond acceptors (Lipinski definition) is 5. The fourth-order valence-corrected chi connectivity index (χ4v) is 1.87. The highest BCUT2D eigenvalue weighted by Crippen LogP contribution is 2.21. The molecule has 1 aromatic rings. The van der Waals surface area contributed by atoms with E-state index in [1.54, 1.807) is 0 Å². The standard InChI is InChI=1S/C9H9FO6S/c1-15-8-3-2-6(4-7(8)10)17(13,14)16-5-9(11)12/h2-4H,5H2,1H3,(H,11,12). The van der Waals surface area contributed by atoms with Crippen molar-refractivity contribution in [2.45, 2.75) is 4.90 Å². The molecule has 1 aromatic carbocycles. The van der Waals surface area contributed by atoms with Crippen LogP contribution in [0, 0.1) is 5.82 Å². The summed E-state index contributed by atoms with van der Waals surface area (Å²) in [7, 11) is -3.05. The monoisotopic (exact) mass is 264 g/mol. The molecule has 0 radical (unpaired) electrons. The van der Waals surface area contributed by atoms with E-state index in [0.717, 1.165) is 12.1 Å². The topological polar surface area (TPSA) is 89.9 Å². The van der Waals surface area contributed by atoms with Gasteiger partial charge in [-0.3, -0.25) is 4.18 Å². The van der Waals surface area contributed by atoms with Crippen LogP contribution in [0.2, 0.25) is 0 Å². The van der Waals surface area contributed by atoms with Gasteiger partial charge >= 0.3 is 5.97 Å². The molecule has 0 heterocycles. The summed E-state index contributed by atoms with van der Waals surface area (Å²) in [5.41, 5.74) is 0. The lowest BCUT2D eigenvalue weighted by atomic mass is 10.3. The van der Waals surface area contributed by atoms with Gasteiger partial charge in [-0.05, 0) is 18.2 Å². The number of benzene rings is 1. The number of carboxylic acid groups (broad SMARTS) is 1. The lowest BCUT2D eigenvalue weighted by Crippen LogP contribution is -2.14. The molecule has 0 fully saturated rings. The second-order valence-corrected chi connectivity index (χ2v) is 4.52. The van der Waals surface area contributed by atoms with Crippen LogP contribution in [0.25, 0.3) is 0 Å². The fourth-order valence-electron chi connectivity index (χ4n) is 0.999. The van der Waals surface area contributed by atoms with E-state index in [9.17, 15) is 17.6 Å². The van der Waals surface area contributed by atoms with Crippen molar-refractivity contribution in [3.63, 3.8) is 0 Å². The van der Waals surface area contributed by atoms with E-state index >= 15 is 0 Å². The fraction of sp³-hybridized carbons (Fsp3) is 0.222. The molecular weight excluding hydrogens is 255 g/mol. The first kappa shape index (κ1) is 13.4. The molecule has 6 nitrogen and oxygen atoms in total. The van der Waals surface area contributed by atoms with E-state index < -0.39 is 33.4 Å². The summed E-state index contributed by atoms with van der Waals surface area (Å²) < 4.78 is 44.8. The zero-order valence-corrected chi connectivity index (χ0v) is 9.53. The Morgan fingerprint density at radius 1 is 1.47 bits per heavy atom. The Morgan fingerprint density at radius 3 is 2.59 bits per heavy atom. The van der Waals surface area contributed by atoms with Crippen LogP contribution in [0.1, 0.15) is 0 Å². The van der Waals surface area contributed by atoms with Crippen LogP contribution in [0.15, 0.2) is 23.1 Å². The number of halogens is 1. The van der Waals surface area contributed by atoms with Crippen molar-refractivity contribution in [3.8, 4) is 5.75 Å². The number of hydrogen-bond donors (Lipinski definition) is 1. The van der Waals surface area contributed by atoms with Crippen LogP contribution in [0.5, 0.6) is 5.75 Å². The molecule has 0 spiro atoms. The molecule has 17 heavy (non-hydrogen) atoms. The summed E-state index contributed by atoms with van der Waals surface area (Å²) in [6.07, 6.45) is 0. The molecule has 0 bridgehead atoms. The minimum absolute atomic E-state index is 0.123. The number of methoxy groups -OCH3 is 1. The van der Waals surface area contributed by atoms with Crippen molar-refractivity contribution >= 4 is 16.1 Å². The van der Waals surface area contributed by atoms with E-state index in [-0.39, 0.29) is 5.75 Å². The maximum absolute atomic E-state index is 13.2. The minimum Gasteiger partial charge on any atom is -0.494 e. The SMILES string of the molecule is COc1ccc(S(=O)(=O)OCC(=O)O)cc1F. The zero-order chi connectivity index (χ0) is 13.1. The first-order valence-corrected chi connectivity index (χ1v) is 5.72. The first-order valence-electron chi connectivity index (χ1n) is 4.31. The first-order chi connectivity index (χ1) is 7.86. The molecular formula is C9H9FO6S. The van der Waals surface area contributed by atoms with Crippen LogP contribution in [-0.2, 0) is 19.1 Å². The van der Waals surface area contributed by atoms with Crippen LogP contribution in [-0.4, -0.2) is 33.2 Å². The Hall–Kier alpha value is -1.67. The molecule has 0 aliphatic heterocycles. The van der Waals surface area contributed by atoms with E-state index in [0.29, 0.717) is 6.07 Å². The largest absolute Gasteiger partial charge is 0.494 e. The van der Waals surface area contributed by atoms with E-state index in [4.69, 9.17) is 5.11 Å². The van der Waals surface area contributed by atoms with Gasteiger partial charge in [-0.25, -0.2) is 9.18 Å². The van der Waals surface area contributed by atoms with Gasteiger partial charge in [-0.15, -0.1) is 0 Å². The van der Waals surface area contributed by atoms with Gasteiger partial charge in [0.05, 0.1) is 12.0 Å². The highest BCUT2D eigenvalue weighted by atomic mass is 32.2. The summed E-state index contributed by atoms with van der Waals surface area (Å²) >= 11 is 0. The van der Waals surface area contributed by atoms with Gasteiger partial charge in [0.2, 0.25) is 0 Å². The van der Waals surface area contributed by atoms with Crippen LogP contribution >= 0.6 is 0 Å². The van der Waals surface area contributed by atoms with E-state index in [1.807, 2.05) is 0 Å². The van der Waals surface area contributed by atoms with Crippen molar-refractivity contribution in [2.24, 2.45) is 0 Å². The second kappa shape index (κ2) is 5.11. The van der Waals surface area contributed by atoms with Gasteiger partial charge in [-0.2, -0.15) is 8.42 Å². The van der Waals surface area contributed by atoms with Crippen molar-refractivity contribution in [1.29, 1.82) is 0 Å². The maximum Gasteiger partial charge on any atom is 0.331 e. The molecule has 8 heteroatoms. The molecule has 0 amide bonds.